The number of Topliss-reactive ketones (excluding diaryl/α,β-unsaturated/α-hetero) is 2. The molecule has 10 nitrogen and oxygen atoms in total. The first-order valence-corrected chi connectivity index (χ1v) is 19.4. The zero-order valence-corrected chi connectivity index (χ0v) is 41.6. The van der Waals surface area contributed by atoms with E-state index >= 15 is 0 Å². The maximum absolute atomic E-state index is 13.0. The molecule has 2 unspecified atom stereocenters. The minimum Gasteiger partial charge on any atom is -0.550 e. The molecule has 0 aromatic heterocycles. The molecule has 2 atom stereocenters. The number of carbonyl (C=O) groups excluding carboxylic acids is 6. The summed E-state index contributed by atoms with van der Waals surface area (Å²) >= 11 is 0. The Morgan fingerprint density at radius 1 is 0.550 bits per heavy atom. The van der Waals surface area contributed by atoms with Crippen LogP contribution in [0.25, 0.3) is 0 Å². The minimum absolute atomic E-state index is 0. The van der Waals surface area contributed by atoms with Crippen LogP contribution in [0.4, 0.5) is 0 Å². The number of carboxylic acid groups (broad SMARTS) is 2. The number of rotatable bonds is 18. The van der Waals surface area contributed by atoms with Crippen molar-refractivity contribution >= 4 is 35.4 Å². The van der Waals surface area contributed by atoms with Gasteiger partial charge in [-0.3, -0.25) is 19.2 Å². The SMILES string of the molecule is CC1=C(/C=C/C(C)=C/C=C/C(C)=C/C=C/C=C(C)/C=C/C=C(C)/C=C/C2=C(C)C(=O)C(OC(=O)CCC(=O)[O-])CC2(C)C)C(C)(C)CC(OC(=O)CCC(=O)[O-])C1=O.[Na+].[Na+]. The largest absolute Gasteiger partial charge is 1.00 e. The monoisotopic (exact) mass is 840 g/mol. The second-order valence-electron chi connectivity index (χ2n) is 16.1. The van der Waals surface area contributed by atoms with Gasteiger partial charge in [-0.15, -0.1) is 0 Å². The van der Waals surface area contributed by atoms with Gasteiger partial charge in [-0.05, 0) is 87.5 Å². The summed E-state index contributed by atoms with van der Waals surface area (Å²) in [5.41, 5.74) is 5.92. The Balaban J connectivity index is 0.0000174. The number of allylic oxidation sites excluding steroid dienone is 20. The normalized spacial score (nSPS) is 20.4. The van der Waals surface area contributed by atoms with Crippen LogP contribution in [0, 0.1) is 10.8 Å². The van der Waals surface area contributed by atoms with Gasteiger partial charge >= 0.3 is 71.1 Å². The van der Waals surface area contributed by atoms with Gasteiger partial charge < -0.3 is 29.3 Å². The number of aliphatic carboxylic acids is 2. The van der Waals surface area contributed by atoms with E-state index in [0.29, 0.717) is 24.0 Å². The van der Waals surface area contributed by atoms with E-state index in [2.05, 4.69) is 0 Å². The summed E-state index contributed by atoms with van der Waals surface area (Å²) in [6, 6.07) is 0. The molecule has 2 rings (SSSR count). The minimum atomic E-state index is -1.34. The number of hydrogen-bond acceptors (Lipinski definition) is 10. The topological polar surface area (TPSA) is 167 Å². The Kier molecular flexibility index (Phi) is 25.0. The maximum Gasteiger partial charge on any atom is 1.00 e. The molecule has 0 amide bonds. The molecule has 2 aliphatic rings. The average Bonchev–Trinajstić information content (AvgIpc) is 3.12. The van der Waals surface area contributed by atoms with Crippen LogP contribution in [0.15, 0.2) is 130 Å². The van der Waals surface area contributed by atoms with Crippen molar-refractivity contribution in [3.8, 4) is 0 Å². The summed E-state index contributed by atoms with van der Waals surface area (Å²) in [6.45, 7) is 19.3. The predicted molar refractivity (Wildman–Crippen MR) is 221 cm³/mol. The van der Waals surface area contributed by atoms with Gasteiger partial charge in [0.05, 0.1) is 12.8 Å². The molecule has 0 aliphatic heterocycles. The van der Waals surface area contributed by atoms with E-state index in [4.69, 9.17) is 9.47 Å². The zero-order valence-electron chi connectivity index (χ0n) is 37.6. The number of esters is 2. The smallest absolute Gasteiger partial charge is 0.550 e. The van der Waals surface area contributed by atoms with Crippen LogP contribution in [0.2, 0.25) is 0 Å². The van der Waals surface area contributed by atoms with E-state index in [-0.39, 0.29) is 83.5 Å². The Morgan fingerprint density at radius 3 is 1.17 bits per heavy atom. The van der Waals surface area contributed by atoms with E-state index in [1.165, 1.54) is 0 Å². The molecule has 312 valence electrons. The van der Waals surface area contributed by atoms with E-state index in [9.17, 15) is 39.0 Å². The molecule has 60 heavy (non-hydrogen) atoms. The van der Waals surface area contributed by atoms with E-state index in [1.54, 1.807) is 13.8 Å². The van der Waals surface area contributed by atoms with E-state index < -0.39 is 59.8 Å². The molecule has 2 aliphatic carbocycles. The molecule has 0 radical (unpaired) electrons. The summed E-state index contributed by atoms with van der Waals surface area (Å²) < 4.78 is 10.6. The molecule has 0 fully saturated rings. The Labute approximate surface area is 400 Å². The number of carboxylic acids is 2. The molecule has 12 heteroatoms. The standard InChI is InChI=1S/C48H60O10.2Na/c1-31(17-13-19-33(3)21-23-37-35(5)45(55)39(29-47(37,7)8)57-43(53)27-25-41(49)50)15-11-12-16-32(2)18-14-20-34(4)22-24-38-36(6)46(56)40(30-48(38,9)10)58-44(54)28-26-42(51)52;;/h11-24,39-40H,25-30H2,1-10H3,(H,49,50)(H,51,52);;/q;2*+1/p-2/b12-11+,17-13+,18-14+,23-21+,24-22+,31-15+,32-16+,33-19+,34-20+;;. The van der Waals surface area contributed by atoms with Gasteiger partial charge in [-0.25, -0.2) is 0 Å². The third-order valence-electron chi connectivity index (χ3n) is 9.89. The molecule has 0 N–H and O–H groups in total. The van der Waals surface area contributed by atoms with Crippen LogP contribution < -0.4 is 69.3 Å². The second-order valence-corrected chi connectivity index (χ2v) is 16.1. The van der Waals surface area contributed by atoms with Crippen LogP contribution in [0.1, 0.15) is 108 Å². The maximum atomic E-state index is 13.0. The van der Waals surface area contributed by atoms with Crippen molar-refractivity contribution in [2.45, 2.75) is 120 Å². The van der Waals surface area contributed by atoms with Crippen molar-refractivity contribution < 1.29 is 108 Å². The van der Waals surface area contributed by atoms with Crippen molar-refractivity contribution in [2.75, 3.05) is 0 Å². The van der Waals surface area contributed by atoms with Crippen molar-refractivity contribution in [2.24, 2.45) is 10.8 Å². The van der Waals surface area contributed by atoms with Crippen molar-refractivity contribution in [1.82, 2.24) is 0 Å². The summed E-state index contributed by atoms with van der Waals surface area (Å²) in [7, 11) is 0. The van der Waals surface area contributed by atoms with Crippen LogP contribution in [0.5, 0.6) is 0 Å². The van der Waals surface area contributed by atoms with Crippen LogP contribution >= 0.6 is 0 Å². The average molecular weight is 841 g/mol. The van der Waals surface area contributed by atoms with Crippen molar-refractivity contribution in [3.05, 3.63) is 130 Å². The third kappa shape index (κ3) is 19.4. The van der Waals surface area contributed by atoms with Crippen LogP contribution in [0.3, 0.4) is 0 Å². The molecular formula is C48H58Na2O10. The number of hydrogen-bond donors (Lipinski definition) is 0. The Hall–Kier alpha value is -3.64. The van der Waals surface area contributed by atoms with Gasteiger partial charge in [0.25, 0.3) is 0 Å². The number of ketones is 2. The fourth-order valence-electron chi connectivity index (χ4n) is 6.60. The van der Waals surface area contributed by atoms with Crippen LogP contribution in [-0.4, -0.2) is 47.7 Å². The zero-order chi connectivity index (χ0) is 43.8. The van der Waals surface area contributed by atoms with Crippen molar-refractivity contribution in [1.29, 1.82) is 0 Å². The summed E-state index contributed by atoms with van der Waals surface area (Å²) in [5, 5.41) is 21.3. The van der Waals surface area contributed by atoms with Gasteiger partial charge in [-0.2, -0.15) is 0 Å². The Morgan fingerprint density at radius 2 is 0.850 bits per heavy atom. The molecular weight excluding hydrogens is 782 g/mol. The quantitative estimate of drug-likeness (QED) is 0.111. The van der Waals surface area contributed by atoms with E-state index in [1.807, 2.05) is 140 Å². The van der Waals surface area contributed by atoms with Gasteiger partial charge in [0.15, 0.2) is 23.8 Å². The van der Waals surface area contributed by atoms with Gasteiger partial charge in [-0.1, -0.05) is 135 Å². The van der Waals surface area contributed by atoms with Gasteiger partial charge in [0.1, 0.15) is 0 Å². The summed E-state index contributed by atoms with van der Waals surface area (Å²) in [5.74, 6) is -4.71. The van der Waals surface area contributed by atoms with E-state index in [0.717, 1.165) is 33.4 Å². The summed E-state index contributed by atoms with van der Waals surface area (Å²) in [4.78, 5) is 71.4. The molecule has 0 heterocycles. The summed E-state index contributed by atoms with van der Waals surface area (Å²) in [6.07, 6.45) is 24.7. The first-order valence-electron chi connectivity index (χ1n) is 19.4. The Bertz CT molecular complexity index is 1830. The van der Waals surface area contributed by atoms with Crippen LogP contribution in [-0.2, 0) is 38.2 Å². The third-order valence-corrected chi connectivity index (χ3v) is 9.89. The molecule has 0 saturated heterocycles. The molecule has 0 aromatic rings. The second kappa shape index (κ2) is 26.6. The fraction of sp³-hybridized carbons (Fsp3) is 0.417. The molecule has 0 bridgehead atoms. The molecule has 0 aromatic carbocycles. The van der Waals surface area contributed by atoms with Gasteiger partial charge in [0.2, 0.25) is 0 Å². The number of ether oxygens (including phenoxy) is 2. The number of carbonyl (C=O) groups is 6. The predicted octanol–water partition coefficient (Wildman–Crippen LogP) is 1.08. The van der Waals surface area contributed by atoms with Gasteiger partial charge in [0, 0.05) is 24.8 Å². The first kappa shape index (κ1) is 56.4. The molecule has 0 saturated carbocycles. The molecule has 0 spiro atoms. The van der Waals surface area contributed by atoms with Crippen molar-refractivity contribution in [3.63, 3.8) is 0 Å². The fourth-order valence-corrected chi connectivity index (χ4v) is 6.60. The first-order chi connectivity index (χ1) is 27.0.